The third-order valence-electron chi connectivity index (χ3n) is 3.99. The molecule has 0 aliphatic heterocycles. The molecule has 0 spiro atoms. The van der Waals surface area contributed by atoms with Gasteiger partial charge in [-0.2, -0.15) is 18.2 Å². The van der Waals surface area contributed by atoms with Crippen LogP contribution in [0.5, 0.6) is 0 Å². The highest BCUT2D eigenvalue weighted by molar-refractivity contribution is 7.10. The summed E-state index contributed by atoms with van der Waals surface area (Å²) in [4.78, 5) is 20.9. The molecular formula is C16H16F3N5OS. The number of carbonyl (C=O) groups is 1. The van der Waals surface area contributed by atoms with Crippen molar-refractivity contribution in [1.29, 1.82) is 0 Å². The highest BCUT2D eigenvalue weighted by Gasteiger charge is 2.37. The first-order valence-corrected chi connectivity index (χ1v) is 8.67. The van der Waals surface area contributed by atoms with Gasteiger partial charge in [0.05, 0.1) is 12.5 Å². The van der Waals surface area contributed by atoms with Crippen molar-refractivity contribution in [1.82, 2.24) is 24.9 Å². The monoisotopic (exact) mass is 383 g/mol. The topological polar surface area (TPSA) is 72.2 Å². The molecule has 0 saturated heterocycles. The minimum Gasteiger partial charge on any atom is -0.348 e. The standard InChI is InChI=1S/C16H16F3N5OS/c1-8-11(7-13(25)20-9(2)12-5-4-6-26-12)10(3)24-15(21-8)22-14(23-24)16(17,18)19/h4-6,9H,7H2,1-3H3,(H,20,25). The maximum atomic E-state index is 12.8. The van der Waals surface area contributed by atoms with Gasteiger partial charge in [-0.1, -0.05) is 6.07 Å². The Labute approximate surface area is 151 Å². The molecule has 0 aliphatic carbocycles. The summed E-state index contributed by atoms with van der Waals surface area (Å²) in [6, 6.07) is 3.67. The van der Waals surface area contributed by atoms with Crippen LogP contribution < -0.4 is 5.32 Å². The summed E-state index contributed by atoms with van der Waals surface area (Å²) in [5, 5.41) is 8.29. The van der Waals surface area contributed by atoms with E-state index in [4.69, 9.17) is 0 Å². The summed E-state index contributed by atoms with van der Waals surface area (Å²) in [5.41, 5.74) is 1.40. The number of alkyl halides is 3. The maximum Gasteiger partial charge on any atom is 0.453 e. The van der Waals surface area contributed by atoms with Crippen molar-refractivity contribution in [2.24, 2.45) is 0 Å². The molecule has 1 N–H and O–H groups in total. The Morgan fingerprint density at radius 1 is 1.35 bits per heavy atom. The van der Waals surface area contributed by atoms with E-state index in [-0.39, 0.29) is 24.1 Å². The molecule has 0 aliphatic rings. The first-order valence-electron chi connectivity index (χ1n) is 7.79. The summed E-state index contributed by atoms with van der Waals surface area (Å²) < 4.78 is 39.5. The summed E-state index contributed by atoms with van der Waals surface area (Å²) >= 11 is 1.54. The SMILES string of the molecule is Cc1nc2nc(C(F)(F)F)nn2c(C)c1CC(=O)NC(C)c1cccs1. The molecule has 3 rings (SSSR count). The van der Waals surface area contributed by atoms with Crippen molar-refractivity contribution in [3.63, 3.8) is 0 Å². The number of hydrogen-bond acceptors (Lipinski definition) is 5. The van der Waals surface area contributed by atoms with Gasteiger partial charge in [-0.3, -0.25) is 4.79 Å². The molecule has 0 saturated carbocycles. The number of aromatic nitrogens is 4. The minimum absolute atomic E-state index is 0.00245. The lowest BCUT2D eigenvalue weighted by atomic mass is 10.1. The Morgan fingerprint density at radius 2 is 2.08 bits per heavy atom. The van der Waals surface area contributed by atoms with Crippen molar-refractivity contribution in [3.05, 3.63) is 45.2 Å². The second-order valence-corrected chi connectivity index (χ2v) is 6.87. The predicted octanol–water partition coefficient (Wildman–Crippen LogP) is 3.24. The molecule has 0 fully saturated rings. The van der Waals surface area contributed by atoms with E-state index in [0.717, 1.165) is 9.39 Å². The van der Waals surface area contributed by atoms with Gasteiger partial charge < -0.3 is 5.32 Å². The average Bonchev–Trinajstić information content (AvgIpc) is 3.20. The third kappa shape index (κ3) is 3.55. The van der Waals surface area contributed by atoms with Crippen LogP contribution in [0.3, 0.4) is 0 Å². The molecule has 6 nitrogen and oxygen atoms in total. The fourth-order valence-corrected chi connectivity index (χ4v) is 3.38. The normalized spacial score (nSPS) is 13.2. The van der Waals surface area contributed by atoms with E-state index in [1.165, 1.54) is 11.3 Å². The third-order valence-corrected chi connectivity index (χ3v) is 5.04. The molecule has 10 heteroatoms. The highest BCUT2D eigenvalue weighted by atomic mass is 32.1. The molecule has 0 radical (unpaired) electrons. The smallest absolute Gasteiger partial charge is 0.348 e. The first kappa shape index (κ1) is 18.3. The Bertz CT molecular complexity index is 949. The van der Waals surface area contributed by atoms with Crippen LogP contribution in [0.4, 0.5) is 13.2 Å². The Balaban J connectivity index is 1.86. The molecule has 26 heavy (non-hydrogen) atoms. The summed E-state index contributed by atoms with van der Waals surface area (Å²) in [5.74, 6) is -1.63. The van der Waals surface area contributed by atoms with Crippen LogP contribution in [0.25, 0.3) is 5.78 Å². The summed E-state index contributed by atoms with van der Waals surface area (Å²) in [6.07, 6.45) is -4.65. The number of carbonyl (C=O) groups excluding carboxylic acids is 1. The minimum atomic E-state index is -4.65. The van der Waals surface area contributed by atoms with Crippen LogP contribution in [0.1, 0.15) is 40.6 Å². The second kappa shape index (κ2) is 6.67. The van der Waals surface area contributed by atoms with Crippen LogP contribution in [0.2, 0.25) is 0 Å². The van der Waals surface area contributed by atoms with Gasteiger partial charge in [-0.25, -0.2) is 9.50 Å². The molecule has 3 aromatic rings. The Hall–Kier alpha value is -2.49. The zero-order chi connectivity index (χ0) is 19.1. The van der Waals surface area contributed by atoms with Crippen LogP contribution >= 0.6 is 11.3 Å². The van der Waals surface area contributed by atoms with E-state index >= 15 is 0 Å². The van der Waals surface area contributed by atoms with Crippen LogP contribution in [0.15, 0.2) is 17.5 Å². The molecule has 1 atom stereocenters. The van der Waals surface area contributed by atoms with E-state index in [0.29, 0.717) is 17.0 Å². The van der Waals surface area contributed by atoms with Gasteiger partial charge in [0.2, 0.25) is 5.91 Å². The Kier molecular flexibility index (Phi) is 4.70. The molecule has 3 aromatic heterocycles. The quantitative estimate of drug-likeness (QED) is 0.751. The van der Waals surface area contributed by atoms with Gasteiger partial charge in [0.25, 0.3) is 11.6 Å². The van der Waals surface area contributed by atoms with E-state index in [1.807, 2.05) is 24.4 Å². The number of rotatable bonds is 4. The fourth-order valence-electron chi connectivity index (χ4n) is 2.65. The van der Waals surface area contributed by atoms with Gasteiger partial charge in [-0.05, 0) is 32.2 Å². The van der Waals surface area contributed by atoms with Crippen molar-refractivity contribution < 1.29 is 18.0 Å². The van der Waals surface area contributed by atoms with Crippen molar-refractivity contribution in [2.75, 3.05) is 0 Å². The van der Waals surface area contributed by atoms with Gasteiger partial charge in [0.15, 0.2) is 0 Å². The molecular weight excluding hydrogens is 367 g/mol. The zero-order valence-electron chi connectivity index (χ0n) is 14.3. The van der Waals surface area contributed by atoms with Crippen molar-refractivity contribution in [3.8, 4) is 0 Å². The zero-order valence-corrected chi connectivity index (χ0v) is 15.1. The first-order chi connectivity index (χ1) is 12.2. The van der Waals surface area contributed by atoms with E-state index in [2.05, 4.69) is 20.4 Å². The number of fused-ring (bicyclic) bond motifs is 1. The van der Waals surface area contributed by atoms with Crippen molar-refractivity contribution >= 4 is 23.0 Å². The highest BCUT2D eigenvalue weighted by Crippen LogP contribution is 2.27. The van der Waals surface area contributed by atoms with Gasteiger partial charge in [-0.15, -0.1) is 16.4 Å². The lowest BCUT2D eigenvalue weighted by molar-refractivity contribution is -0.144. The van der Waals surface area contributed by atoms with Crippen LogP contribution in [-0.4, -0.2) is 25.5 Å². The molecule has 1 amide bonds. The number of nitrogens with zero attached hydrogens (tertiary/aromatic N) is 4. The number of thiophene rings is 1. The maximum absolute atomic E-state index is 12.8. The number of nitrogens with one attached hydrogen (secondary N) is 1. The van der Waals surface area contributed by atoms with Crippen LogP contribution in [0, 0.1) is 13.8 Å². The largest absolute Gasteiger partial charge is 0.453 e. The predicted molar refractivity (Wildman–Crippen MR) is 89.8 cm³/mol. The number of aryl methyl sites for hydroxylation is 2. The lowest BCUT2D eigenvalue weighted by Crippen LogP contribution is -2.28. The van der Waals surface area contributed by atoms with E-state index in [1.54, 1.807) is 13.8 Å². The lowest BCUT2D eigenvalue weighted by Gasteiger charge is -2.14. The summed E-state index contributed by atoms with van der Waals surface area (Å²) in [7, 11) is 0. The number of hydrogen-bond donors (Lipinski definition) is 1. The second-order valence-electron chi connectivity index (χ2n) is 5.89. The van der Waals surface area contributed by atoms with E-state index in [9.17, 15) is 18.0 Å². The Morgan fingerprint density at radius 3 is 2.69 bits per heavy atom. The number of amides is 1. The average molecular weight is 383 g/mol. The molecule has 1 unspecified atom stereocenters. The molecule has 0 bridgehead atoms. The number of halogens is 3. The molecule has 138 valence electrons. The summed E-state index contributed by atoms with van der Waals surface area (Å²) in [6.45, 7) is 5.11. The van der Waals surface area contributed by atoms with Crippen LogP contribution in [-0.2, 0) is 17.4 Å². The molecule has 0 aromatic carbocycles. The van der Waals surface area contributed by atoms with Crippen molar-refractivity contribution in [2.45, 2.75) is 39.4 Å². The fraction of sp³-hybridized carbons (Fsp3) is 0.375. The van der Waals surface area contributed by atoms with Gasteiger partial charge in [0.1, 0.15) is 0 Å². The van der Waals surface area contributed by atoms with Gasteiger partial charge in [0, 0.05) is 21.8 Å². The van der Waals surface area contributed by atoms with E-state index < -0.39 is 12.0 Å². The van der Waals surface area contributed by atoms with Gasteiger partial charge >= 0.3 is 6.18 Å². The molecule has 3 heterocycles.